The standard InChI is InChI=1S/C11H20O6S/c1-15-11(12)7-6-9-4-3-5-10(17-9)8-16-18(2,13)14/h9-10H,3-8H2,1-2H3/t9-,10-/m1/s1. The first kappa shape index (κ1) is 15.4. The second-order valence-electron chi connectivity index (χ2n) is 4.41. The number of rotatable bonds is 6. The van der Waals surface area contributed by atoms with Gasteiger partial charge in [0.15, 0.2) is 0 Å². The van der Waals surface area contributed by atoms with Crippen LogP contribution in [0, 0.1) is 0 Å². The molecule has 0 amide bonds. The fourth-order valence-electron chi connectivity index (χ4n) is 1.90. The molecule has 7 heteroatoms. The molecular weight excluding hydrogens is 260 g/mol. The smallest absolute Gasteiger partial charge is 0.305 e. The van der Waals surface area contributed by atoms with Crippen molar-refractivity contribution in [1.29, 1.82) is 0 Å². The van der Waals surface area contributed by atoms with Crippen LogP contribution in [0.15, 0.2) is 0 Å². The number of carbonyl (C=O) groups excluding carboxylic acids is 1. The minimum Gasteiger partial charge on any atom is -0.469 e. The van der Waals surface area contributed by atoms with Crippen LogP contribution in [0.3, 0.4) is 0 Å². The maximum Gasteiger partial charge on any atom is 0.305 e. The summed E-state index contributed by atoms with van der Waals surface area (Å²) in [5.41, 5.74) is 0. The van der Waals surface area contributed by atoms with E-state index in [-0.39, 0.29) is 24.8 Å². The summed E-state index contributed by atoms with van der Waals surface area (Å²) in [6, 6.07) is 0. The molecule has 1 aliphatic heterocycles. The second kappa shape index (κ2) is 7.06. The molecule has 0 N–H and O–H groups in total. The van der Waals surface area contributed by atoms with E-state index in [9.17, 15) is 13.2 Å². The predicted octanol–water partition coefficient (Wildman–Crippen LogP) is 0.853. The molecule has 2 atom stereocenters. The van der Waals surface area contributed by atoms with Crippen LogP contribution in [0.25, 0.3) is 0 Å². The Morgan fingerprint density at radius 3 is 2.61 bits per heavy atom. The third-order valence-electron chi connectivity index (χ3n) is 2.80. The highest BCUT2D eigenvalue weighted by Crippen LogP contribution is 2.22. The van der Waals surface area contributed by atoms with E-state index >= 15 is 0 Å². The van der Waals surface area contributed by atoms with Gasteiger partial charge in [-0.3, -0.25) is 8.98 Å². The van der Waals surface area contributed by atoms with Crippen molar-refractivity contribution in [1.82, 2.24) is 0 Å². The van der Waals surface area contributed by atoms with Crippen LogP contribution in [0.4, 0.5) is 0 Å². The van der Waals surface area contributed by atoms with Gasteiger partial charge in [0.05, 0.1) is 32.2 Å². The Kier molecular flexibility index (Phi) is 6.04. The summed E-state index contributed by atoms with van der Waals surface area (Å²) >= 11 is 0. The van der Waals surface area contributed by atoms with E-state index in [1.807, 2.05) is 0 Å². The largest absolute Gasteiger partial charge is 0.469 e. The molecule has 6 nitrogen and oxygen atoms in total. The van der Waals surface area contributed by atoms with E-state index in [0.29, 0.717) is 12.8 Å². The Bertz CT molecular complexity index is 364. The highest BCUT2D eigenvalue weighted by molar-refractivity contribution is 7.85. The molecule has 0 radical (unpaired) electrons. The first-order chi connectivity index (χ1) is 8.40. The van der Waals surface area contributed by atoms with Crippen molar-refractivity contribution in [2.45, 2.75) is 44.3 Å². The minimum atomic E-state index is -3.42. The van der Waals surface area contributed by atoms with Gasteiger partial charge in [0.25, 0.3) is 10.1 Å². The molecule has 1 fully saturated rings. The van der Waals surface area contributed by atoms with Gasteiger partial charge in [0.2, 0.25) is 0 Å². The fourth-order valence-corrected chi connectivity index (χ4v) is 2.30. The molecule has 0 saturated carbocycles. The summed E-state index contributed by atoms with van der Waals surface area (Å²) in [5, 5.41) is 0. The Morgan fingerprint density at radius 2 is 2.00 bits per heavy atom. The average molecular weight is 280 g/mol. The Labute approximate surface area is 108 Å². The maximum atomic E-state index is 11.0. The Morgan fingerprint density at radius 1 is 1.33 bits per heavy atom. The van der Waals surface area contributed by atoms with Gasteiger partial charge in [-0.05, 0) is 25.7 Å². The zero-order valence-electron chi connectivity index (χ0n) is 10.8. The zero-order valence-corrected chi connectivity index (χ0v) is 11.6. The van der Waals surface area contributed by atoms with Crippen LogP contribution >= 0.6 is 0 Å². The van der Waals surface area contributed by atoms with E-state index in [0.717, 1.165) is 25.5 Å². The molecule has 18 heavy (non-hydrogen) atoms. The molecule has 0 aromatic heterocycles. The van der Waals surface area contributed by atoms with Crippen molar-refractivity contribution >= 4 is 16.1 Å². The van der Waals surface area contributed by atoms with E-state index < -0.39 is 10.1 Å². The van der Waals surface area contributed by atoms with Gasteiger partial charge in [-0.25, -0.2) is 0 Å². The Balaban J connectivity index is 2.30. The molecule has 0 aromatic rings. The van der Waals surface area contributed by atoms with Crippen molar-refractivity contribution < 1.29 is 26.9 Å². The number of esters is 1. The number of hydrogen-bond acceptors (Lipinski definition) is 6. The molecule has 0 spiro atoms. The van der Waals surface area contributed by atoms with Gasteiger partial charge < -0.3 is 9.47 Å². The quantitative estimate of drug-likeness (QED) is 0.530. The lowest BCUT2D eigenvalue weighted by molar-refractivity contribution is -0.142. The van der Waals surface area contributed by atoms with Gasteiger partial charge in [-0.1, -0.05) is 0 Å². The van der Waals surface area contributed by atoms with E-state index in [1.165, 1.54) is 7.11 Å². The van der Waals surface area contributed by atoms with Crippen LogP contribution in [-0.4, -0.2) is 46.6 Å². The van der Waals surface area contributed by atoms with Gasteiger partial charge in [-0.15, -0.1) is 0 Å². The molecular formula is C11H20O6S. The first-order valence-electron chi connectivity index (χ1n) is 5.97. The molecule has 0 aliphatic carbocycles. The minimum absolute atomic E-state index is 0.0222. The predicted molar refractivity (Wildman–Crippen MR) is 64.6 cm³/mol. The van der Waals surface area contributed by atoms with Gasteiger partial charge in [0.1, 0.15) is 0 Å². The van der Waals surface area contributed by atoms with Gasteiger partial charge >= 0.3 is 5.97 Å². The summed E-state index contributed by atoms with van der Waals surface area (Å²) in [6.45, 7) is 0.0492. The van der Waals surface area contributed by atoms with Gasteiger partial charge in [0, 0.05) is 6.42 Å². The first-order valence-corrected chi connectivity index (χ1v) is 7.79. The van der Waals surface area contributed by atoms with Crippen molar-refractivity contribution in [2.75, 3.05) is 20.0 Å². The number of carbonyl (C=O) groups is 1. The van der Waals surface area contributed by atoms with Crippen molar-refractivity contribution in [2.24, 2.45) is 0 Å². The Hall–Kier alpha value is -0.660. The van der Waals surface area contributed by atoms with Crippen LogP contribution in [-0.2, 0) is 28.6 Å². The third-order valence-corrected chi connectivity index (χ3v) is 3.37. The highest BCUT2D eigenvalue weighted by Gasteiger charge is 2.24. The fraction of sp³-hybridized carbons (Fsp3) is 0.909. The molecule has 1 aliphatic rings. The average Bonchev–Trinajstić information content (AvgIpc) is 2.33. The van der Waals surface area contributed by atoms with Crippen molar-refractivity contribution in [3.8, 4) is 0 Å². The monoisotopic (exact) mass is 280 g/mol. The van der Waals surface area contributed by atoms with Crippen molar-refractivity contribution in [3.63, 3.8) is 0 Å². The third kappa shape index (κ3) is 6.32. The van der Waals surface area contributed by atoms with E-state index in [4.69, 9.17) is 8.92 Å². The molecule has 106 valence electrons. The SMILES string of the molecule is COC(=O)CC[C@H]1CCC[C@H](COS(C)(=O)=O)O1. The summed E-state index contributed by atoms with van der Waals surface area (Å²) in [4.78, 5) is 11.0. The molecule has 1 heterocycles. The molecule has 0 aromatic carbocycles. The van der Waals surface area contributed by atoms with Crippen LogP contribution in [0.1, 0.15) is 32.1 Å². The zero-order chi connectivity index (χ0) is 13.6. The highest BCUT2D eigenvalue weighted by atomic mass is 32.2. The number of ether oxygens (including phenoxy) is 2. The molecule has 0 unspecified atom stereocenters. The van der Waals surface area contributed by atoms with Gasteiger partial charge in [-0.2, -0.15) is 8.42 Å². The lowest BCUT2D eigenvalue weighted by Gasteiger charge is -2.29. The summed E-state index contributed by atoms with van der Waals surface area (Å²) in [5.74, 6) is -0.256. The van der Waals surface area contributed by atoms with E-state index in [1.54, 1.807) is 0 Å². The molecule has 1 saturated heterocycles. The molecule has 0 bridgehead atoms. The topological polar surface area (TPSA) is 78.9 Å². The van der Waals surface area contributed by atoms with Crippen molar-refractivity contribution in [3.05, 3.63) is 0 Å². The second-order valence-corrected chi connectivity index (χ2v) is 6.06. The summed E-state index contributed by atoms with van der Waals surface area (Å²) in [7, 11) is -2.07. The van der Waals surface area contributed by atoms with E-state index in [2.05, 4.69) is 4.74 Å². The summed E-state index contributed by atoms with van der Waals surface area (Å²) < 4.78 is 36.7. The maximum absolute atomic E-state index is 11.0. The number of hydrogen-bond donors (Lipinski definition) is 0. The normalized spacial score (nSPS) is 24.8. The summed E-state index contributed by atoms with van der Waals surface area (Å²) in [6.07, 6.45) is 4.32. The van der Waals surface area contributed by atoms with Crippen LogP contribution in [0.2, 0.25) is 0 Å². The number of methoxy groups -OCH3 is 1. The lowest BCUT2D eigenvalue weighted by atomic mass is 10.0. The molecule has 1 rings (SSSR count). The van der Waals surface area contributed by atoms with Crippen LogP contribution < -0.4 is 0 Å². The van der Waals surface area contributed by atoms with Crippen LogP contribution in [0.5, 0.6) is 0 Å². The lowest BCUT2D eigenvalue weighted by Crippen LogP contribution is -2.32.